The summed E-state index contributed by atoms with van der Waals surface area (Å²) in [7, 11) is 0. The molecule has 0 aliphatic rings. The van der Waals surface area contributed by atoms with Crippen LogP contribution in [-0.4, -0.2) is 23.4 Å². The number of nitrogens with zero attached hydrogens (tertiary/aromatic N) is 1. The number of hydrogen-bond acceptors (Lipinski definition) is 5. The number of nitro groups is 1. The first-order valence-electron chi connectivity index (χ1n) is 6.54. The van der Waals surface area contributed by atoms with Crippen molar-refractivity contribution in [3.8, 4) is 0 Å². The molecule has 1 N–H and O–H groups in total. The Bertz CT molecular complexity index is 810. The third-order valence-electron chi connectivity index (χ3n) is 2.86. The van der Waals surface area contributed by atoms with E-state index in [2.05, 4.69) is 10.1 Å². The van der Waals surface area contributed by atoms with Crippen molar-refractivity contribution in [2.45, 2.75) is 0 Å². The molecule has 2 rings (SSSR count). The molecule has 0 heterocycles. The predicted octanol–water partition coefficient (Wildman–Crippen LogP) is 2.67. The van der Waals surface area contributed by atoms with Gasteiger partial charge in [0.1, 0.15) is 17.3 Å². The summed E-state index contributed by atoms with van der Waals surface area (Å²) in [6.45, 7) is -0.790. The maximum atomic E-state index is 13.4. The van der Waals surface area contributed by atoms with Crippen molar-refractivity contribution in [2.75, 3.05) is 11.9 Å². The van der Waals surface area contributed by atoms with Gasteiger partial charge in [-0.05, 0) is 24.3 Å². The van der Waals surface area contributed by atoms with E-state index >= 15 is 0 Å². The Hall–Kier alpha value is -3.36. The standard InChI is InChI=1S/C15H10F2N2O5/c16-9-5-6-12(13(7-9)19(22)23)18-14(20)8-24-15(21)10-3-1-2-4-11(10)17/h1-7H,8H2,(H,18,20). The molecule has 124 valence electrons. The summed E-state index contributed by atoms with van der Waals surface area (Å²) in [6, 6.07) is 7.60. The second-order valence-corrected chi connectivity index (χ2v) is 4.52. The third kappa shape index (κ3) is 4.09. The normalized spacial score (nSPS) is 10.1. The van der Waals surface area contributed by atoms with E-state index in [1.165, 1.54) is 18.2 Å². The molecule has 0 radical (unpaired) electrons. The van der Waals surface area contributed by atoms with E-state index < -0.39 is 40.7 Å². The van der Waals surface area contributed by atoms with Gasteiger partial charge in [0.15, 0.2) is 6.61 Å². The van der Waals surface area contributed by atoms with Crippen molar-refractivity contribution in [2.24, 2.45) is 0 Å². The SMILES string of the molecule is O=C(COC(=O)c1ccccc1F)Nc1ccc(F)cc1[N+](=O)[O-]. The van der Waals surface area contributed by atoms with Gasteiger partial charge in [-0.15, -0.1) is 0 Å². The number of esters is 1. The Balaban J connectivity index is 2.01. The van der Waals surface area contributed by atoms with Gasteiger partial charge in [0.2, 0.25) is 0 Å². The van der Waals surface area contributed by atoms with Gasteiger partial charge in [-0.1, -0.05) is 12.1 Å². The van der Waals surface area contributed by atoms with E-state index in [-0.39, 0.29) is 11.3 Å². The lowest BCUT2D eigenvalue weighted by molar-refractivity contribution is -0.384. The minimum Gasteiger partial charge on any atom is -0.452 e. The Morgan fingerprint density at radius 3 is 2.54 bits per heavy atom. The van der Waals surface area contributed by atoms with Crippen molar-refractivity contribution < 1.29 is 28.0 Å². The summed E-state index contributed by atoms with van der Waals surface area (Å²) < 4.78 is 31.0. The molecule has 0 fully saturated rings. The fourth-order valence-electron chi connectivity index (χ4n) is 1.78. The van der Waals surface area contributed by atoms with Crippen molar-refractivity contribution in [1.29, 1.82) is 0 Å². The van der Waals surface area contributed by atoms with Crippen LogP contribution in [0.4, 0.5) is 20.2 Å². The molecule has 0 aliphatic carbocycles. The van der Waals surface area contributed by atoms with Crippen molar-refractivity contribution in [1.82, 2.24) is 0 Å². The summed E-state index contributed by atoms with van der Waals surface area (Å²) in [5, 5.41) is 12.9. The number of carbonyl (C=O) groups excluding carboxylic acids is 2. The second-order valence-electron chi connectivity index (χ2n) is 4.52. The van der Waals surface area contributed by atoms with Crippen LogP contribution in [0.1, 0.15) is 10.4 Å². The fourth-order valence-corrected chi connectivity index (χ4v) is 1.78. The molecule has 1 amide bonds. The number of carbonyl (C=O) groups is 2. The molecule has 0 spiro atoms. The number of ether oxygens (including phenoxy) is 1. The van der Waals surface area contributed by atoms with Crippen LogP contribution in [-0.2, 0) is 9.53 Å². The monoisotopic (exact) mass is 336 g/mol. The number of halogens is 2. The van der Waals surface area contributed by atoms with E-state index in [0.29, 0.717) is 6.07 Å². The number of nitro benzene ring substituents is 1. The molecule has 0 unspecified atom stereocenters. The molecule has 2 aromatic rings. The van der Waals surface area contributed by atoms with E-state index in [9.17, 15) is 28.5 Å². The summed E-state index contributed by atoms with van der Waals surface area (Å²) in [6.07, 6.45) is 0. The molecule has 0 saturated heterocycles. The highest BCUT2D eigenvalue weighted by Gasteiger charge is 2.18. The number of hydrogen-bond donors (Lipinski definition) is 1. The van der Waals surface area contributed by atoms with E-state index in [1.807, 2.05) is 0 Å². The van der Waals surface area contributed by atoms with Crippen LogP contribution >= 0.6 is 0 Å². The molecule has 0 bridgehead atoms. The highest BCUT2D eigenvalue weighted by Crippen LogP contribution is 2.24. The first kappa shape index (κ1) is 17.0. The molecule has 9 heteroatoms. The number of amides is 1. The molecule has 0 atom stereocenters. The van der Waals surface area contributed by atoms with Crippen LogP contribution in [0.2, 0.25) is 0 Å². The van der Waals surface area contributed by atoms with Crippen LogP contribution in [0.25, 0.3) is 0 Å². The van der Waals surface area contributed by atoms with Gasteiger partial charge >= 0.3 is 5.97 Å². The van der Waals surface area contributed by atoms with E-state index in [4.69, 9.17) is 0 Å². The second kappa shape index (κ2) is 7.27. The van der Waals surface area contributed by atoms with Gasteiger partial charge in [-0.2, -0.15) is 0 Å². The molecule has 0 aliphatic heterocycles. The maximum absolute atomic E-state index is 13.4. The number of anilines is 1. The van der Waals surface area contributed by atoms with E-state index in [1.54, 1.807) is 0 Å². The van der Waals surface area contributed by atoms with Gasteiger partial charge in [-0.25, -0.2) is 13.6 Å². The predicted molar refractivity (Wildman–Crippen MR) is 78.4 cm³/mol. The van der Waals surface area contributed by atoms with Gasteiger partial charge in [0.25, 0.3) is 11.6 Å². The lowest BCUT2D eigenvalue weighted by Crippen LogP contribution is -2.21. The summed E-state index contributed by atoms with van der Waals surface area (Å²) in [5.74, 6) is -3.60. The average Bonchev–Trinajstić information content (AvgIpc) is 2.54. The highest BCUT2D eigenvalue weighted by molar-refractivity contribution is 5.96. The molecule has 2 aromatic carbocycles. The first-order chi connectivity index (χ1) is 11.4. The zero-order valence-electron chi connectivity index (χ0n) is 12.0. The Morgan fingerprint density at radius 2 is 1.88 bits per heavy atom. The van der Waals surface area contributed by atoms with Crippen molar-refractivity contribution >= 4 is 23.3 Å². The Kier molecular flexibility index (Phi) is 5.15. The quantitative estimate of drug-likeness (QED) is 0.514. The van der Waals surface area contributed by atoms with Gasteiger partial charge < -0.3 is 10.1 Å². The minimum atomic E-state index is -1.06. The summed E-state index contributed by atoms with van der Waals surface area (Å²) in [5.41, 5.74) is -1.25. The van der Waals surface area contributed by atoms with Crippen molar-refractivity contribution in [3.05, 3.63) is 69.8 Å². The largest absolute Gasteiger partial charge is 0.452 e. The zero-order chi connectivity index (χ0) is 17.7. The Morgan fingerprint density at radius 1 is 1.17 bits per heavy atom. The zero-order valence-corrected chi connectivity index (χ0v) is 12.0. The van der Waals surface area contributed by atoms with Gasteiger partial charge in [0, 0.05) is 0 Å². The van der Waals surface area contributed by atoms with Gasteiger partial charge in [0.05, 0.1) is 16.6 Å². The molecular weight excluding hydrogens is 326 g/mol. The van der Waals surface area contributed by atoms with Crippen LogP contribution in [0.5, 0.6) is 0 Å². The average molecular weight is 336 g/mol. The topological polar surface area (TPSA) is 98.5 Å². The third-order valence-corrected chi connectivity index (χ3v) is 2.86. The summed E-state index contributed by atoms with van der Waals surface area (Å²) in [4.78, 5) is 33.3. The number of rotatable bonds is 5. The molecular formula is C15H10F2N2O5. The molecule has 0 aromatic heterocycles. The highest BCUT2D eigenvalue weighted by atomic mass is 19.1. The van der Waals surface area contributed by atoms with E-state index in [0.717, 1.165) is 18.2 Å². The maximum Gasteiger partial charge on any atom is 0.341 e. The van der Waals surface area contributed by atoms with Crippen molar-refractivity contribution in [3.63, 3.8) is 0 Å². The minimum absolute atomic E-state index is 0.256. The molecule has 0 saturated carbocycles. The summed E-state index contributed by atoms with van der Waals surface area (Å²) >= 11 is 0. The lowest BCUT2D eigenvalue weighted by Gasteiger charge is -2.07. The van der Waals surface area contributed by atoms with Crippen LogP contribution in [0.3, 0.4) is 0 Å². The first-order valence-corrected chi connectivity index (χ1v) is 6.54. The fraction of sp³-hybridized carbons (Fsp3) is 0.0667. The Labute approximate surface area is 134 Å². The lowest BCUT2D eigenvalue weighted by atomic mass is 10.2. The van der Waals surface area contributed by atoms with Crippen LogP contribution < -0.4 is 5.32 Å². The molecule has 24 heavy (non-hydrogen) atoms. The number of nitrogens with one attached hydrogen (secondary N) is 1. The van der Waals surface area contributed by atoms with Crippen LogP contribution in [0.15, 0.2) is 42.5 Å². The van der Waals surface area contributed by atoms with Crippen LogP contribution in [0, 0.1) is 21.7 Å². The smallest absolute Gasteiger partial charge is 0.341 e. The van der Waals surface area contributed by atoms with Gasteiger partial charge in [-0.3, -0.25) is 14.9 Å². The number of benzene rings is 2. The molecule has 7 nitrogen and oxygen atoms in total.